The highest BCUT2D eigenvalue weighted by Crippen LogP contribution is 2.23. The summed E-state index contributed by atoms with van der Waals surface area (Å²) < 4.78 is 10.6. The predicted molar refractivity (Wildman–Crippen MR) is 73.0 cm³/mol. The molecule has 98 valence electrons. The molecular weight excluding hydrogens is 252 g/mol. The second kappa shape index (κ2) is 6.20. The van der Waals surface area contributed by atoms with Gasteiger partial charge in [0.15, 0.2) is 6.10 Å². The van der Waals surface area contributed by atoms with Crippen LogP contribution in [0, 0.1) is 0 Å². The van der Waals surface area contributed by atoms with Crippen LogP contribution in [-0.2, 0) is 4.79 Å². The number of benzene rings is 1. The minimum Gasteiger partial charge on any atom is -0.497 e. The zero-order valence-electron chi connectivity index (χ0n) is 10.5. The average Bonchev–Trinajstić information content (AvgIpc) is 2.36. The average molecular weight is 268 g/mol. The molecule has 1 amide bonds. The van der Waals surface area contributed by atoms with Gasteiger partial charge in [0.05, 0.1) is 7.11 Å². The van der Waals surface area contributed by atoms with E-state index in [0.29, 0.717) is 17.1 Å². The van der Waals surface area contributed by atoms with Crippen LogP contribution >= 0.6 is 12.2 Å². The minimum absolute atomic E-state index is 0.213. The molecule has 0 fully saturated rings. The summed E-state index contributed by atoms with van der Waals surface area (Å²) in [7, 11) is 3.08. The monoisotopic (exact) mass is 268 g/mol. The minimum atomic E-state index is -0.610. The first-order chi connectivity index (χ1) is 8.47. The number of amides is 1. The molecule has 0 heterocycles. The van der Waals surface area contributed by atoms with Crippen LogP contribution in [-0.4, -0.2) is 31.2 Å². The van der Waals surface area contributed by atoms with Crippen molar-refractivity contribution in [3.8, 4) is 11.5 Å². The standard InChI is InChI=1S/C12H16N2O3S/c1-7(12(15)14-2)17-10-5-8(11(13)18)4-9(6-10)16-3/h4-7H,1-3H3,(H2,13,18)(H,14,15). The van der Waals surface area contributed by atoms with E-state index in [-0.39, 0.29) is 10.9 Å². The quantitative estimate of drug-likeness (QED) is 0.774. The van der Waals surface area contributed by atoms with Crippen LogP contribution < -0.4 is 20.5 Å². The summed E-state index contributed by atoms with van der Waals surface area (Å²) in [6.45, 7) is 1.65. The number of carbonyl (C=O) groups is 1. The Balaban J connectivity index is 2.98. The molecule has 1 unspecified atom stereocenters. The van der Waals surface area contributed by atoms with Gasteiger partial charge in [-0.25, -0.2) is 0 Å². The number of carbonyl (C=O) groups excluding carboxylic acids is 1. The third kappa shape index (κ3) is 3.59. The highest BCUT2D eigenvalue weighted by molar-refractivity contribution is 7.80. The van der Waals surface area contributed by atoms with E-state index in [2.05, 4.69) is 5.32 Å². The van der Waals surface area contributed by atoms with E-state index in [9.17, 15) is 4.79 Å². The van der Waals surface area contributed by atoms with Crippen molar-refractivity contribution in [1.29, 1.82) is 0 Å². The van der Waals surface area contributed by atoms with Crippen molar-refractivity contribution >= 4 is 23.1 Å². The lowest BCUT2D eigenvalue weighted by molar-refractivity contribution is -0.126. The molecule has 0 aliphatic rings. The Hall–Kier alpha value is -1.82. The molecular formula is C12H16N2O3S. The fourth-order valence-corrected chi connectivity index (χ4v) is 1.48. The third-order valence-electron chi connectivity index (χ3n) is 2.33. The first kappa shape index (κ1) is 14.2. The molecule has 6 heteroatoms. The lowest BCUT2D eigenvalue weighted by Crippen LogP contribution is -2.33. The second-order valence-electron chi connectivity index (χ2n) is 3.64. The van der Waals surface area contributed by atoms with Crippen LogP contribution in [0.5, 0.6) is 11.5 Å². The second-order valence-corrected chi connectivity index (χ2v) is 4.08. The molecule has 1 rings (SSSR count). The number of thiocarbonyl (C=S) groups is 1. The summed E-state index contributed by atoms with van der Waals surface area (Å²) in [5, 5.41) is 2.51. The lowest BCUT2D eigenvalue weighted by atomic mass is 10.2. The topological polar surface area (TPSA) is 73.6 Å². The van der Waals surface area contributed by atoms with Crippen LogP contribution in [0.3, 0.4) is 0 Å². The van der Waals surface area contributed by atoms with E-state index < -0.39 is 6.10 Å². The summed E-state index contributed by atoms with van der Waals surface area (Å²) in [6.07, 6.45) is -0.610. The first-order valence-electron chi connectivity index (χ1n) is 5.35. The van der Waals surface area contributed by atoms with Gasteiger partial charge in [-0.15, -0.1) is 0 Å². The number of hydrogen-bond donors (Lipinski definition) is 2. The Morgan fingerprint density at radius 3 is 2.50 bits per heavy atom. The molecule has 18 heavy (non-hydrogen) atoms. The maximum Gasteiger partial charge on any atom is 0.260 e. The molecule has 0 radical (unpaired) electrons. The largest absolute Gasteiger partial charge is 0.497 e. The fraction of sp³-hybridized carbons (Fsp3) is 0.333. The molecule has 0 aliphatic heterocycles. The van der Waals surface area contributed by atoms with Gasteiger partial charge in [-0.05, 0) is 19.1 Å². The van der Waals surface area contributed by atoms with Crippen molar-refractivity contribution in [3.63, 3.8) is 0 Å². The first-order valence-corrected chi connectivity index (χ1v) is 5.76. The number of nitrogens with one attached hydrogen (secondary N) is 1. The van der Waals surface area contributed by atoms with Crippen molar-refractivity contribution in [2.45, 2.75) is 13.0 Å². The number of nitrogens with two attached hydrogens (primary N) is 1. The lowest BCUT2D eigenvalue weighted by Gasteiger charge is -2.15. The van der Waals surface area contributed by atoms with E-state index in [4.69, 9.17) is 27.4 Å². The van der Waals surface area contributed by atoms with E-state index in [0.717, 1.165) is 0 Å². The van der Waals surface area contributed by atoms with Gasteiger partial charge >= 0.3 is 0 Å². The van der Waals surface area contributed by atoms with Gasteiger partial charge in [0.2, 0.25) is 0 Å². The molecule has 5 nitrogen and oxygen atoms in total. The molecule has 0 aromatic heterocycles. The maximum absolute atomic E-state index is 11.4. The van der Waals surface area contributed by atoms with E-state index in [1.165, 1.54) is 7.11 Å². The Morgan fingerprint density at radius 1 is 1.39 bits per heavy atom. The van der Waals surface area contributed by atoms with Gasteiger partial charge in [0, 0.05) is 18.7 Å². The Bertz CT molecular complexity index is 463. The highest BCUT2D eigenvalue weighted by atomic mass is 32.1. The normalized spacial score (nSPS) is 11.5. The molecule has 0 saturated carbocycles. The van der Waals surface area contributed by atoms with Gasteiger partial charge in [-0.1, -0.05) is 12.2 Å². The number of rotatable bonds is 5. The van der Waals surface area contributed by atoms with Gasteiger partial charge in [-0.3, -0.25) is 4.79 Å². The van der Waals surface area contributed by atoms with Gasteiger partial charge in [0.25, 0.3) is 5.91 Å². The number of hydrogen-bond acceptors (Lipinski definition) is 4. The van der Waals surface area contributed by atoms with Gasteiger partial charge in [-0.2, -0.15) is 0 Å². The zero-order chi connectivity index (χ0) is 13.7. The molecule has 1 aromatic rings. The smallest absolute Gasteiger partial charge is 0.260 e. The Kier molecular flexibility index (Phi) is 4.91. The summed E-state index contributed by atoms with van der Waals surface area (Å²) >= 11 is 4.90. The number of methoxy groups -OCH3 is 1. The molecule has 3 N–H and O–H groups in total. The molecule has 0 spiro atoms. The van der Waals surface area contributed by atoms with Gasteiger partial charge in [0.1, 0.15) is 16.5 Å². The van der Waals surface area contributed by atoms with Crippen molar-refractivity contribution in [2.24, 2.45) is 5.73 Å². The summed E-state index contributed by atoms with van der Waals surface area (Å²) in [6, 6.07) is 5.05. The molecule has 1 aromatic carbocycles. The van der Waals surface area contributed by atoms with Crippen molar-refractivity contribution < 1.29 is 14.3 Å². The Morgan fingerprint density at radius 2 is 2.00 bits per heavy atom. The van der Waals surface area contributed by atoms with Crippen LogP contribution in [0.4, 0.5) is 0 Å². The van der Waals surface area contributed by atoms with Crippen LogP contribution in [0.25, 0.3) is 0 Å². The summed E-state index contributed by atoms with van der Waals surface area (Å²) in [4.78, 5) is 11.6. The fourth-order valence-electron chi connectivity index (χ4n) is 1.36. The van der Waals surface area contributed by atoms with Crippen LogP contribution in [0.2, 0.25) is 0 Å². The molecule has 0 saturated heterocycles. The predicted octanol–water partition coefficient (Wildman–Crippen LogP) is 0.843. The molecule has 0 aliphatic carbocycles. The highest BCUT2D eigenvalue weighted by Gasteiger charge is 2.14. The van der Waals surface area contributed by atoms with Crippen molar-refractivity contribution in [3.05, 3.63) is 23.8 Å². The number of ether oxygens (including phenoxy) is 2. The van der Waals surface area contributed by atoms with Crippen molar-refractivity contribution in [1.82, 2.24) is 5.32 Å². The van der Waals surface area contributed by atoms with E-state index in [1.54, 1.807) is 32.2 Å². The third-order valence-corrected chi connectivity index (χ3v) is 2.56. The Labute approximate surface area is 111 Å². The SMILES string of the molecule is CNC(=O)C(C)Oc1cc(OC)cc(C(N)=S)c1. The van der Waals surface area contributed by atoms with Crippen molar-refractivity contribution in [2.75, 3.05) is 14.2 Å². The maximum atomic E-state index is 11.4. The summed E-state index contributed by atoms with van der Waals surface area (Å²) in [5.41, 5.74) is 6.19. The van der Waals surface area contributed by atoms with E-state index in [1.807, 2.05) is 0 Å². The van der Waals surface area contributed by atoms with Crippen LogP contribution in [0.1, 0.15) is 12.5 Å². The molecule has 1 atom stereocenters. The van der Waals surface area contributed by atoms with Gasteiger partial charge < -0.3 is 20.5 Å². The summed E-state index contributed by atoms with van der Waals surface area (Å²) in [5.74, 6) is 0.836. The molecule has 0 bridgehead atoms. The zero-order valence-corrected chi connectivity index (χ0v) is 11.3. The number of likely N-dealkylation sites (N-methyl/N-ethyl adjacent to an activating group) is 1. The van der Waals surface area contributed by atoms with Crippen LogP contribution in [0.15, 0.2) is 18.2 Å². The van der Waals surface area contributed by atoms with E-state index >= 15 is 0 Å².